The molecule has 0 saturated heterocycles. The number of nitrogens with one attached hydrogen (secondary N) is 1. The Morgan fingerprint density at radius 1 is 1.05 bits per heavy atom. The molecule has 1 aromatic rings. The Hall–Kier alpha value is -1.02. The van der Waals surface area contributed by atoms with Gasteiger partial charge in [0, 0.05) is 6.54 Å². The second-order valence-electron chi connectivity index (χ2n) is 7.08. The minimum absolute atomic E-state index is 0.0920. The third-order valence-electron chi connectivity index (χ3n) is 3.45. The number of hydrogen-bond acceptors (Lipinski definition) is 2. The minimum Gasteiger partial charge on any atom is -0.486 e. The lowest BCUT2D eigenvalue weighted by atomic mass is 9.85. The van der Waals surface area contributed by atoms with E-state index in [1.165, 1.54) is 11.1 Å². The average molecular weight is 277 g/mol. The lowest BCUT2D eigenvalue weighted by Gasteiger charge is -2.31. The van der Waals surface area contributed by atoms with Crippen molar-refractivity contribution in [3.05, 3.63) is 29.3 Å². The molecule has 0 saturated carbocycles. The minimum atomic E-state index is -0.205. The van der Waals surface area contributed by atoms with Crippen LogP contribution in [-0.2, 0) is 11.8 Å². The zero-order valence-corrected chi connectivity index (χ0v) is 14.3. The van der Waals surface area contributed by atoms with Crippen molar-refractivity contribution in [3.63, 3.8) is 0 Å². The van der Waals surface area contributed by atoms with Crippen molar-refractivity contribution >= 4 is 0 Å². The number of rotatable bonds is 6. The molecule has 0 fully saturated rings. The van der Waals surface area contributed by atoms with Gasteiger partial charge in [0.2, 0.25) is 0 Å². The molecule has 0 unspecified atom stereocenters. The van der Waals surface area contributed by atoms with Gasteiger partial charge < -0.3 is 10.1 Å². The molecule has 0 aliphatic carbocycles. The predicted octanol–water partition coefficient (Wildman–Crippen LogP) is 4.31. The fourth-order valence-electron chi connectivity index (χ4n) is 2.23. The molecule has 0 aliphatic heterocycles. The second kappa shape index (κ2) is 6.62. The average Bonchev–Trinajstić information content (AvgIpc) is 2.35. The van der Waals surface area contributed by atoms with E-state index in [4.69, 9.17) is 4.74 Å². The van der Waals surface area contributed by atoms with Crippen LogP contribution >= 0.6 is 0 Å². The summed E-state index contributed by atoms with van der Waals surface area (Å²) < 4.78 is 6.30. The summed E-state index contributed by atoms with van der Waals surface area (Å²) in [6.45, 7) is 17.1. The van der Waals surface area contributed by atoms with Gasteiger partial charge in [-0.25, -0.2) is 0 Å². The van der Waals surface area contributed by atoms with Gasteiger partial charge in [-0.1, -0.05) is 46.8 Å². The van der Waals surface area contributed by atoms with Gasteiger partial charge in [-0.3, -0.25) is 0 Å². The number of hydrogen-bond donors (Lipinski definition) is 1. The van der Waals surface area contributed by atoms with E-state index in [0.717, 1.165) is 25.3 Å². The van der Waals surface area contributed by atoms with Crippen molar-refractivity contribution in [1.29, 1.82) is 0 Å². The zero-order valence-electron chi connectivity index (χ0n) is 14.3. The summed E-state index contributed by atoms with van der Waals surface area (Å²) in [6, 6.07) is 6.60. The number of benzene rings is 1. The highest BCUT2D eigenvalue weighted by atomic mass is 16.5. The first-order chi connectivity index (χ1) is 9.19. The molecule has 2 nitrogen and oxygen atoms in total. The highest BCUT2D eigenvalue weighted by Crippen LogP contribution is 2.34. The zero-order chi connectivity index (χ0) is 15.4. The van der Waals surface area contributed by atoms with Crippen molar-refractivity contribution in [2.45, 2.75) is 65.9 Å². The van der Waals surface area contributed by atoms with E-state index in [-0.39, 0.29) is 11.0 Å². The van der Waals surface area contributed by atoms with E-state index in [0.29, 0.717) is 0 Å². The summed E-state index contributed by atoms with van der Waals surface area (Å²) in [5.74, 6) is 1.01. The third kappa shape index (κ3) is 4.82. The monoisotopic (exact) mass is 277 g/mol. The first-order valence-electron chi connectivity index (χ1n) is 7.72. The maximum Gasteiger partial charge on any atom is 0.123 e. The van der Waals surface area contributed by atoms with Crippen LogP contribution in [0, 0.1) is 0 Å². The van der Waals surface area contributed by atoms with E-state index < -0.39 is 0 Å². The van der Waals surface area contributed by atoms with E-state index in [1.807, 2.05) is 0 Å². The molecule has 0 radical (unpaired) electrons. The summed E-state index contributed by atoms with van der Waals surface area (Å²) in [5.41, 5.74) is 2.55. The fourth-order valence-corrected chi connectivity index (χ4v) is 2.23. The maximum atomic E-state index is 6.30. The Morgan fingerprint density at radius 3 is 2.20 bits per heavy atom. The molecule has 0 aliphatic rings. The maximum absolute atomic E-state index is 6.30. The van der Waals surface area contributed by atoms with Crippen molar-refractivity contribution in [3.8, 4) is 5.75 Å². The SMILES string of the molecule is CCNCC(C)(C)Oc1ccc(CC)cc1C(C)(C)C. The highest BCUT2D eigenvalue weighted by Gasteiger charge is 2.25. The van der Waals surface area contributed by atoms with E-state index in [1.54, 1.807) is 0 Å². The lowest BCUT2D eigenvalue weighted by Crippen LogP contribution is -2.40. The number of likely N-dealkylation sites (N-methyl/N-ethyl adjacent to an activating group) is 1. The molecular formula is C18H31NO. The van der Waals surface area contributed by atoms with Gasteiger partial charge >= 0.3 is 0 Å². The summed E-state index contributed by atoms with van der Waals surface area (Å²) in [5, 5.41) is 3.36. The Labute approximate surface area is 124 Å². The summed E-state index contributed by atoms with van der Waals surface area (Å²) >= 11 is 0. The van der Waals surface area contributed by atoms with Crippen LogP contribution in [0.1, 0.15) is 59.6 Å². The van der Waals surface area contributed by atoms with Gasteiger partial charge in [0.15, 0.2) is 0 Å². The largest absolute Gasteiger partial charge is 0.486 e. The summed E-state index contributed by atoms with van der Waals surface area (Å²) in [6.07, 6.45) is 1.06. The fraction of sp³-hybridized carbons (Fsp3) is 0.667. The van der Waals surface area contributed by atoms with Gasteiger partial charge in [-0.2, -0.15) is 0 Å². The molecular weight excluding hydrogens is 246 g/mol. The normalized spacial score (nSPS) is 12.6. The molecule has 1 aromatic carbocycles. The quantitative estimate of drug-likeness (QED) is 0.836. The third-order valence-corrected chi connectivity index (χ3v) is 3.45. The molecule has 2 heteroatoms. The molecule has 0 atom stereocenters. The van der Waals surface area contributed by atoms with Crippen LogP contribution in [0.3, 0.4) is 0 Å². The molecule has 0 bridgehead atoms. The van der Waals surface area contributed by atoms with Crippen LogP contribution < -0.4 is 10.1 Å². The molecule has 0 aromatic heterocycles. The molecule has 0 spiro atoms. The van der Waals surface area contributed by atoms with Gasteiger partial charge in [-0.05, 0) is 49.4 Å². The van der Waals surface area contributed by atoms with Crippen molar-refractivity contribution in [2.75, 3.05) is 13.1 Å². The lowest BCUT2D eigenvalue weighted by molar-refractivity contribution is 0.106. The topological polar surface area (TPSA) is 21.3 Å². The summed E-state index contributed by atoms with van der Waals surface area (Å²) in [7, 11) is 0. The Kier molecular flexibility index (Phi) is 5.64. The van der Waals surface area contributed by atoms with Crippen LogP contribution in [0.4, 0.5) is 0 Å². The Bertz CT molecular complexity index is 430. The van der Waals surface area contributed by atoms with Crippen LogP contribution in [0.15, 0.2) is 18.2 Å². The second-order valence-corrected chi connectivity index (χ2v) is 7.08. The smallest absolute Gasteiger partial charge is 0.123 e. The van der Waals surface area contributed by atoms with Crippen molar-refractivity contribution in [1.82, 2.24) is 5.32 Å². The molecule has 20 heavy (non-hydrogen) atoms. The van der Waals surface area contributed by atoms with Gasteiger partial charge in [0.25, 0.3) is 0 Å². The number of ether oxygens (including phenoxy) is 1. The molecule has 1 rings (SSSR count). The standard InChI is InChI=1S/C18H31NO/c1-8-14-10-11-16(15(12-14)17(3,4)5)20-18(6,7)13-19-9-2/h10-12,19H,8-9,13H2,1-7H3. The first-order valence-corrected chi connectivity index (χ1v) is 7.72. The highest BCUT2D eigenvalue weighted by molar-refractivity contribution is 5.42. The molecule has 114 valence electrons. The number of aryl methyl sites for hydroxylation is 1. The molecule has 0 amide bonds. The first kappa shape index (κ1) is 17.0. The van der Waals surface area contributed by atoms with Gasteiger partial charge in [0.05, 0.1) is 0 Å². The molecule has 1 N–H and O–H groups in total. The Morgan fingerprint density at radius 2 is 1.70 bits per heavy atom. The van der Waals surface area contributed by atoms with Crippen LogP contribution in [0.5, 0.6) is 5.75 Å². The van der Waals surface area contributed by atoms with Gasteiger partial charge in [-0.15, -0.1) is 0 Å². The van der Waals surface area contributed by atoms with Crippen LogP contribution in [0.2, 0.25) is 0 Å². The van der Waals surface area contributed by atoms with Crippen LogP contribution in [-0.4, -0.2) is 18.7 Å². The van der Waals surface area contributed by atoms with Gasteiger partial charge in [0.1, 0.15) is 11.4 Å². The summed E-state index contributed by atoms with van der Waals surface area (Å²) in [4.78, 5) is 0. The Balaban J connectivity index is 3.05. The van der Waals surface area contributed by atoms with E-state index >= 15 is 0 Å². The van der Waals surface area contributed by atoms with E-state index in [9.17, 15) is 0 Å². The molecule has 0 heterocycles. The van der Waals surface area contributed by atoms with E-state index in [2.05, 4.69) is 72.0 Å². The van der Waals surface area contributed by atoms with Crippen LogP contribution in [0.25, 0.3) is 0 Å². The predicted molar refractivity (Wildman–Crippen MR) is 87.8 cm³/mol. The van der Waals surface area contributed by atoms with Crippen molar-refractivity contribution < 1.29 is 4.74 Å². The van der Waals surface area contributed by atoms with Crippen molar-refractivity contribution in [2.24, 2.45) is 0 Å².